The molecule has 0 amide bonds. The van der Waals surface area contributed by atoms with Gasteiger partial charge in [0, 0.05) is 66.1 Å². The van der Waals surface area contributed by atoms with E-state index in [4.69, 9.17) is 9.97 Å². The topological polar surface area (TPSA) is 40.6 Å². The first-order valence-corrected chi connectivity index (χ1v) is 26.8. The largest absolute Gasteiger partial charge is 0.309 e. The van der Waals surface area contributed by atoms with Crippen LogP contribution in [0.2, 0.25) is 0 Å². The number of hydrogen-bond donors (Lipinski definition) is 0. The number of aryl methyl sites for hydroxylation is 3. The number of para-hydroxylation sites is 2. The molecule has 0 fully saturated rings. The van der Waals surface area contributed by atoms with Gasteiger partial charge in [-0.1, -0.05) is 175 Å². The molecule has 11 aromatic carbocycles. The second-order valence-corrected chi connectivity index (χ2v) is 20.8. The van der Waals surface area contributed by atoms with Gasteiger partial charge in [0.1, 0.15) is 0 Å². The molecule has 0 atom stereocenters. The van der Waals surface area contributed by atoms with Gasteiger partial charge in [-0.25, -0.2) is 9.97 Å². The monoisotopic (exact) mass is 997 g/mol. The Balaban J connectivity index is 0.806. The van der Waals surface area contributed by atoms with Crippen LogP contribution < -0.4 is 0 Å². The first-order valence-electron chi connectivity index (χ1n) is 26.8. The molecule has 368 valence electrons. The van der Waals surface area contributed by atoms with E-state index >= 15 is 0 Å². The summed E-state index contributed by atoms with van der Waals surface area (Å²) in [5, 5.41) is 7.47. The number of fused-ring (bicyclic) bond motifs is 9. The highest BCUT2D eigenvalue weighted by Gasteiger charge is 2.20. The van der Waals surface area contributed by atoms with Crippen molar-refractivity contribution in [3.8, 4) is 73.2 Å². The summed E-state index contributed by atoms with van der Waals surface area (Å²) in [6.45, 7) is 6.58. The van der Waals surface area contributed by atoms with Crippen molar-refractivity contribution in [1.82, 2.24) is 23.7 Å². The molecule has 5 heteroatoms. The third kappa shape index (κ3) is 7.46. The predicted molar refractivity (Wildman–Crippen MR) is 326 cm³/mol. The van der Waals surface area contributed by atoms with E-state index in [0.717, 1.165) is 61.7 Å². The summed E-state index contributed by atoms with van der Waals surface area (Å²) in [5.41, 5.74) is 23.9. The van der Waals surface area contributed by atoms with Crippen LogP contribution in [0.1, 0.15) is 16.7 Å². The van der Waals surface area contributed by atoms with E-state index in [-0.39, 0.29) is 0 Å². The van der Waals surface area contributed by atoms with Crippen molar-refractivity contribution in [1.29, 1.82) is 0 Å². The summed E-state index contributed by atoms with van der Waals surface area (Å²) in [6, 6.07) is 92.7. The van der Waals surface area contributed by atoms with Crippen LogP contribution in [0.5, 0.6) is 0 Å². The van der Waals surface area contributed by atoms with E-state index in [1.807, 2.05) is 24.3 Å². The lowest BCUT2D eigenvalue weighted by molar-refractivity contribution is 1.16. The van der Waals surface area contributed by atoms with Crippen LogP contribution in [-0.4, -0.2) is 23.7 Å². The molecular weight excluding hydrogens is 947 g/mol. The molecule has 0 N–H and O–H groups in total. The Morgan fingerprint density at radius 2 is 0.654 bits per heavy atom. The second kappa shape index (κ2) is 18.0. The Bertz CT molecular complexity index is 4610. The fourth-order valence-corrected chi connectivity index (χ4v) is 12.1. The van der Waals surface area contributed by atoms with Crippen LogP contribution in [0.3, 0.4) is 0 Å². The van der Waals surface area contributed by atoms with E-state index in [2.05, 4.69) is 265 Å². The van der Waals surface area contributed by atoms with Crippen LogP contribution in [0, 0.1) is 20.8 Å². The van der Waals surface area contributed by atoms with E-state index in [0.29, 0.717) is 5.82 Å². The van der Waals surface area contributed by atoms with Gasteiger partial charge in [-0.15, -0.1) is 0 Å². The minimum Gasteiger partial charge on any atom is -0.309 e. The van der Waals surface area contributed by atoms with Gasteiger partial charge in [0.15, 0.2) is 5.82 Å². The fourth-order valence-electron chi connectivity index (χ4n) is 12.1. The van der Waals surface area contributed by atoms with Crippen molar-refractivity contribution in [2.24, 2.45) is 0 Å². The van der Waals surface area contributed by atoms with Crippen molar-refractivity contribution in [3.63, 3.8) is 0 Å². The average molecular weight is 998 g/mol. The van der Waals surface area contributed by atoms with E-state index < -0.39 is 0 Å². The molecule has 0 spiro atoms. The number of benzene rings is 11. The maximum atomic E-state index is 5.07. The minimum absolute atomic E-state index is 0.713. The second-order valence-electron chi connectivity index (χ2n) is 20.8. The third-order valence-corrected chi connectivity index (χ3v) is 15.9. The number of aromatic nitrogens is 5. The molecule has 0 aliphatic rings. The van der Waals surface area contributed by atoms with Crippen LogP contribution in [-0.2, 0) is 0 Å². The zero-order valence-electron chi connectivity index (χ0n) is 43.5. The number of hydrogen-bond acceptors (Lipinski definition) is 2. The van der Waals surface area contributed by atoms with Crippen molar-refractivity contribution < 1.29 is 0 Å². The molecule has 0 bridgehead atoms. The maximum Gasteiger partial charge on any atom is 0.160 e. The molecule has 0 unspecified atom stereocenters. The summed E-state index contributed by atoms with van der Waals surface area (Å²) >= 11 is 0. The lowest BCUT2D eigenvalue weighted by atomic mass is 9.95. The Hall–Kier alpha value is -10.1. The predicted octanol–water partition coefficient (Wildman–Crippen LogP) is 19.0. The molecule has 78 heavy (non-hydrogen) atoms. The molecule has 4 aromatic heterocycles. The lowest BCUT2D eigenvalue weighted by Gasteiger charge is -2.13. The lowest BCUT2D eigenvalue weighted by Crippen LogP contribution is -1.96. The summed E-state index contributed by atoms with van der Waals surface area (Å²) in [4.78, 5) is 10.1. The summed E-state index contributed by atoms with van der Waals surface area (Å²) in [7, 11) is 0. The summed E-state index contributed by atoms with van der Waals surface area (Å²) < 4.78 is 7.32. The highest BCUT2D eigenvalue weighted by atomic mass is 15.0. The van der Waals surface area contributed by atoms with Gasteiger partial charge in [-0.2, -0.15) is 0 Å². The fraction of sp³-hybridized carbons (Fsp3) is 0.0411. The molecule has 0 radical (unpaired) electrons. The quantitative estimate of drug-likeness (QED) is 0.152. The SMILES string of the molecule is Cc1ccc2c(c1)c1ccccc1n2-c1ccc2c(c1)c1cc(-n3c4ccccc4c4cc(C)ccc43)ccc1n2-c1ccc(-c2ccc(-c3ccc(-c4cc(-c5ccccc5)nc(-c5ccccc5)n4)cc3)cc2C)cc1. The van der Waals surface area contributed by atoms with E-state index in [1.54, 1.807) is 0 Å². The summed E-state index contributed by atoms with van der Waals surface area (Å²) in [5.74, 6) is 0.713. The van der Waals surface area contributed by atoms with Gasteiger partial charge in [0.25, 0.3) is 0 Å². The van der Waals surface area contributed by atoms with Crippen molar-refractivity contribution in [3.05, 3.63) is 271 Å². The molecule has 5 nitrogen and oxygen atoms in total. The van der Waals surface area contributed by atoms with Gasteiger partial charge in [-0.3, -0.25) is 0 Å². The Kier molecular flexibility index (Phi) is 10.5. The minimum atomic E-state index is 0.713. The molecule has 0 saturated heterocycles. The molecule has 0 aliphatic heterocycles. The normalized spacial score (nSPS) is 11.8. The Morgan fingerprint density at radius 3 is 1.19 bits per heavy atom. The molecule has 15 rings (SSSR count). The van der Waals surface area contributed by atoms with Gasteiger partial charge in [-0.05, 0) is 140 Å². The first kappa shape index (κ1) is 45.3. The van der Waals surface area contributed by atoms with E-state index in [1.165, 1.54) is 87.8 Å². The number of rotatable bonds is 8. The van der Waals surface area contributed by atoms with Gasteiger partial charge in [0.05, 0.1) is 44.5 Å². The van der Waals surface area contributed by atoms with Crippen LogP contribution in [0.4, 0.5) is 0 Å². The molecule has 15 aromatic rings. The molecule has 0 saturated carbocycles. The number of nitrogens with zero attached hydrogens (tertiary/aromatic N) is 5. The van der Waals surface area contributed by atoms with Crippen molar-refractivity contribution in [2.75, 3.05) is 0 Å². The first-order chi connectivity index (χ1) is 38.4. The smallest absolute Gasteiger partial charge is 0.160 e. The van der Waals surface area contributed by atoms with Crippen molar-refractivity contribution >= 4 is 65.4 Å². The highest BCUT2D eigenvalue weighted by Crippen LogP contribution is 2.41. The molecule has 4 heterocycles. The van der Waals surface area contributed by atoms with Crippen LogP contribution in [0.15, 0.2) is 255 Å². The zero-order valence-corrected chi connectivity index (χ0v) is 43.5. The third-order valence-electron chi connectivity index (χ3n) is 15.9. The van der Waals surface area contributed by atoms with Gasteiger partial charge >= 0.3 is 0 Å². The van der Waals surface area contributed by atoms with Gasteiger partial charge < -0.3 is 13.7 Å². The van der Waals surface area contributed by atoms with Crippen LogP contribution >= 0.6 is 0 Å². The van der Waals surface area contributed by atoms with Gasteiger partial charge in [0.2, 0.25) is 0 Å². The standard InChI is InChI=1S/C73H51N5/c1-46-22-36-69-61(40-46)59-18-10-12-20-67(59)77(69)56-33-38-71-63(43-56)64-44-57(78-68-21-13-11-19-60(68)62-41-47(2)23-37-70(62)78)34-39-72(64)76(71)55-31-28-50(29-32-55)58-35-30-54(42-48(58)3)49-24-26-52(27-25-49)66-45-65(51-14-6-4-7-15-51)74-73(75-66)53-16-8-5-9-17-53/h4-45H,1-3H3. The maximum absolute atomic E-state index is 5.07. The molecular formula is C73H51N5. The Morgan fingerprint density at radius 1 is 0.256 bits per heavy atom. The van der Waals surface area contributed by atoms with Crippen LogP contribution in [0.25, 0.3) is 139 Å². The summed E-state index contributed by atoms with van der Waals surface area (Å²) in [6.07, 6.45) is 0. The highest BCUT2D eigenvalue weighted by molar-refractivity contribution is 6.14. The van der Waals surface area contributed by atoms with E-state index in [9.17, 15) is 0 Å². The average Bonchev–Trinajstić information content (AvgIpc) is 4.24. The Labute approximate surface area is 452 Å². The zero-order chi connectivity index (χ0) is 52.0. The molecule has 0 aliphatic carbocycles. The van der Waals surface area contributed by atoms with Crippen molar-refractivity contribution in [2.45, 2.75) is 20.8 Å².